The zero-order valence-electron chi connectivity index (χ0n) is 10.0. The molecule has 4 N–H and O–H groups in total. The number of thioether (sulfide) groups is 1. The summed E-state index contributed by atoms with van der Waals surface area (Å²) in [5.41, 5.74) is 5.22. The van der Waals surface area contributed by atoms with E-state index in [1.165, 1.54) is 18.0 Å². The lowest BCUT2D eigenvalue weighted by Crippen LogP contribution is -2.38. The molecule has 96 valence electrons. The van der Waals surface area contributed by atoms with Crippen LogP contribution in [-0.4, -0.2) is 27.9 Å². The van der Waals surface area contributed by atoms with E-state index in [0.29, 0.717) is 12.4 Å². The zero-order valence-corrected chi connectivity index (χ0v) is 11.7. The largest absolute Gasteiger partial charge is 0.388 e. The van der Waals surface area contributed by atoms with Crippen molar-refractivity contribution in [3.8, 4) is 0 Å². The van der Waals surface area contributed by atoms with E-state index in [1.54, 1.807) is 11.8 Å². The summed E-state index contributed by atoms with van der Waals surface area (Å²) in [6.45, 7) is 0.599. The SMILES string of the molecule is CSc1c(N)nsc1NCC1(O)CCCCC1. The summed E-state index contributed by atoms with van der Waals surface area (Å²) in [5.74, 6) is 0.584. The molecule has 6 heteroatoms. The summed E-state index contributed by atoms with van der Waals surface area (Å²) >= 11 is 2.96. The fourth-order valence-electron chi connectivity index (χ4n) is 2.24. The lowest BCUT2D eigenvalue weighted by atomic mass is 9.85. The van der Waals surface area contributed by atoms with Gasteiger partial charge in [-0.2, -0.15) is 4.37 Å². The van der Waals surface area contributed by atoms with Gasteiger partial charge in [-0.3, -0.25) is 0 Å². The molecule has 1 aromatic rings. The number of nitrogens with one attached hydrogen (secondary N) is 1. The summed E-state index contributed by atoms with van der Waals surface area (Å²) in [6, 6.07) is 0. The Morgan fingerprint density at radius 2 is 2.18 bits per heavy atom. The van der Waals surface area contributed by atoms with Crippen LogP contribution in [0.4, 0.5) is 10.8 Å². The van der Waals surface area contributed by atoms with Gasteiger partial charge in [0.05, 0.1) is 10.5 Å². The summed E-state index contributed by atoms with van der Waals surface area (Å²) < 4.78 is 4.13. The van der Waals surface area contributed by atoms with E-state index in [9.17, 15) is 5.11 Å². The van der Waals surface area contributed by atoms with E-state index in [2.05, 4.69) is 9.69 Å². The van der Waals surface area contributed by atoms with E-state index < -0.39 is 5.60 Å². The molecule has 1 aliphatic carbocycles. The van der Waals surface area contributed by atoms with Crippen molar-refractivity contribution in [3.05, 3.63) is 0 Å². The van der Waals surface area contributed by atoms with Gasteiger partial charge in [0, 0.05) is 6.54 Å². The number of hydrogen-bond acceptors (Lipinski definition) is 6. The minimum atomic E-state index is -0.549. The average molecular weight is 273 g/mol. The lowest BCUT2D eigenvalue weighted by Gasteiger charge is -2.32. The Kier molecular flexibility index (Phi) is 4.17. The maximum atomic E-state index is 10.4. The van der Waals surface area contributed by atoms with Gasteiger partial charge in [-0.15, -0.1) is 11.8 Å². The van der Waals surface area contributed by atoms with Crippen molar-refractivity contribution >= 4 is 34.1 Å². The van der Waals surface area contributed by atoms with Crippen molar-refractivity contribution in [2.24, 2.45) is 0 Å². The minimum absolute atomic E-state index is 0.549. The van der Waals surface area contributed by atoms with Gasteiger partial charge >= 0.3 is 0 Å². The first-order chi connectivity index (χ1) is 8.14. The monoisotopic (exact) mass is 273 g/mol. The predicted octanol–water partition coefficient (Wildman–Crippen LogP) is 2.55. The number of nitrogen functional groups attached to an aromatic ring is 1. The first-order valence-electron chi connectivity index (χ1n) is 5.90. The fourth-order valence-corrected chi connectivity index (χ4v) is 3.77. The molecule has 0 atom stereocenters. The van der Waals surface area contributed by atoms with E-state index in [-0.39, 0.29) is 0 Å². The highest BCUT2D eigenvalue weighted by Crippen LogP contribution is 2.36. The smallest absolute Gasteiger partial charge is 0.153 e. The van der Waals surface area contributed by atoms with Crippen LogP contribution >= 0.6 is 23.3 Å². The van der Waals surface area contributed by atoms with Gasteiger partial charge in [0.15, 0.2) is 5.82 Å². The number of aromatic nitrogens is 1. The van der Waals surface area contributed by atoms with Crippen LogP contribution in [-0.2, 0) is 0 Å². The predicted molar refractivity (Wildman–Crippen MR) is 74.8 cm³/mol. The third-order valence-electron chi connectivity index (χ3n) is 3.24. The van der Waals surface area contributed by atoms with Crippen LogP contribution in [0.15, 0.2) is 4.90 Å². The molecule has 0 amide bonds. The summed E-state index contributed by atoms with van der Waals surface area (Å²) in [4.78, 5) is 0.995. The molecular formula is C11H19N3OS2. The Labute approximate surface area is 110 Å². The van der Waals surface area contributed by atoms with Crippen LogP contribution in [0.1, 0.15) is 32.1 Å². The Morgan fingerprint density at radius 1 is 1.47 bits per heavy atom. The molecule has 0 bridgehead atoms. The molecule has 1 aromatic heterocycles. The van der Waals surface area contributed by atoms with Crippen LogP contribution in [0.5, 0.6) is 0 Å². The number of hydrogen-bond donors (Lipinski definition) is 3. The van der Waals surface area contributed by atoms with Crippen LogP contribution in [0.25, 0.3) is 0 Å². The third-order valence-corrected chi connectivity index (χ3v) is 5.01. The van der Waals surface area contributed by atoms with Crippen LogP contribution in [0, 0.1) is 0 Å². The van der Waals surface area contributed by atoms with E-state index >= 15 is 0 Å². The van der Waals surface area contributed by atoms with Crippen LogP contribution in [0.2, 0.25) is 0 Å². The first-order valence-corrected chi connectivity index (χ1v) is 7.90. The molecule has 1 saturated carbocycles. The average Bonchev–Trinajstić information content (AvgIpc) is 2.68. The Morgan fingerprint density at radius 3 is 2.82 bits per heavy atom. The van der Waals surface area contributed by atoms with Gasteiger partial charge in [-0.05, 0) is 30.6 Å². The second-order valence-electron chi connectivity index (χ2n) is 4.57. The van der Waals surface area contributed by atoms with Crippen molar-refractivity contribution in [3.63, 3.8) is 0 Å². The topological polar surface area (TPSA) is 71.2 Å². The van der Waals surface area contributed by atoms with E-state index in [1.807, 2.05) is 6.26 Å². The van der Waals surface area contributed by atoms with Gasteiger partial charge in [0.2, 0.25) is 0 Å². The van der Waals surface area contributed by atoms with Crippen molar-refractivity contribution in [2.75, 3.05) is 23.9 Å². The molecule has 4 nitrogen and oxygen atoms in total. The Hall–Kier alpha value is -0.460. The summed E-state index contributed by atoms with van der Waals surface area (Å²) in [6.07, 6.45) is 7.26. The fraction of sp³-hybridized carbons (Fsp3) is 0.727. The molecule has 0 unspecified atom stereocenters. The highest BCUT2D eigenvalue weighted by Gasteiger charge is 2.29. The highest BCUT2D eigenvalue weighted by molar-refractivity contribution is 7.99. The maximum Gasteiger partial charge on any atom is 0.153 e. The minimum Gasteiger partial charge on any atom is -0.388 e. The third kappa shape index (κ3) is 3.05. The number of rotatable bonds is 4. The lowest BCUT2D eigenvalue weighted by molar-refractivity contribution is 0.0167. The molecule has 0 saturated heterocycles. The number of aliphatic hydroxyl groups is 1. The second-order valence-corrected chi connectivity index (χ2v) is 6.16. The van der Waals surface area contributed by atoms with Crippen molar-refractivity contribution < 1.29 is 5.11 Å². The quantitative estimate of drug-likeness (QED) is 0.735. The van der Waals surface area contributed by atoms with E-state index in [4.69, 9.17) is 5.73 Å². The van der Waals surface area contributed by atoms with Crippen molar-refractivity contribution in [1.29, 1.82) is 0 Å². The number of nitrogens with zero attached hydrogens (tertiary/aromatic N) is 1. The molecule has 2 rings (SSSR count). The molecule has 1 aliphatic rings. The summed E-state index contributed by atoms with van der Waals surface area (Å²) in [5, 5.41) is 14.7. The standard InChI is InChI=1S/C11H19N3OS2/c1-16-8-9(12)14-17-10(8)13-7-11(15)5-3-2-4-6-11/h13,15H,2-7H2,1H3,(H2,12,14). The molecule has 0 radical (unpaired) electrons. The molecule has 0 spiro atoms. The second kappa shape index (κ2) is 5.46. The number of nitrogens with two attached hydrogens (primary N) is 1. The molecule has 1 heterocycles. The summed E-state index contributed by atoms with van der Waals surface area (Å²) in [7, 11) is 0. The Balaban J connectivity index is 1.96. The number of anilines is 2. The van der Waals surface area contributed by atoms with Gasteiger partial charge in [0.25, 0.3) is 0 Å². The van der Waals surface area contributed by atoms with Crippen molar-refractivity contribution in [2.45, 2.75) is 42.6 Å². The van der Waals surface area contributed by atoms with Crippen molar-refractivity contribution in [1.82, 2.24) is 4.37 Å². The molecule has 0 aliphatic heterocycles. The normalized spacial score (nSPS) is 19.2. The highest BCUT2D eigenvalue weighted by atomic mass is 32.2. The molecule has 0 aromatic carbocycles. The molecule has 1 fully saturated rings. The van der Waals surface area contributed by atoms with Crippen LogP contribution < -0.4 is 11.1 Å². The molecule has 17 heavy (non-hydrogen) atoms. The van der Waals surface area contributed by atoms with Gasteiger partial charge in [-0.1, -0.05) is 19.3 Å². The first kappa shape index (κ1) is 13.0. The van der Waals surface area contributed by atoms with E-state index in [0.717, 1.165) is 35.6 Å². The zero-order chi connectivity index (χ0) is 12.3. The van der Waals surface area contributed by atoms with Gasteiger partial charge in [-0.25, -0.2) is 0 Å². The van der Waals surface area contributed by atoms with Gasteiger partial charge < -0.3 is 16.2 Å². The maximum absolute atomic E-state index is 10.4. The van der Waals surface area contributed by atoms with Gasteiger partial charge in [0.1, 0.15) is 5.00 Å². The Bertz CT molecular complexity index is 375. The molecular weight excluding hydrogens is 254 g/mol. The van der Waals surface area contributed by atoms with Crippen LogP contribution in [0.3, 0.4) is 0 Å².